The minimum absolute atomic E-state index is 0.164. The molecule has 4 aliphatic carbocycles. The maximum Gasteiger partial charge on any atom is 0.307 e. The lowest BCUT2D eigenvalue weighted by Gasteiger charge is -2.58. The molecule has 0 amide bonds. The van der Waals surface area contributed by atoms with Crippen LogP contribution in [0.5, 0.6) is 0 Å². The van der Waals surface area contributed by atoms with E-state index < -0.39 is 5.97 Å². The Balaban J connectivity index is 1.21. The molecule has 0 aromatic carbocycles. The molecule has 0 bridgehead atoms. The number of likely N-dealkylation sites (tertiary alicyclic amines) is 1. The Hall–Kier alpha value is -1.94. The molecule has 4 heteroatoms. The fraction of sp³-hybridized carbons (Fsp3) is 0.655. The number of aliphatic carboxylic acids is 1. The molecule has 0 radical (unpaired) electrons. The molecule has 6 rings (SSSR count). The molecular weight excluding hydrogens is 408 g/mol. The molecule has 1 aliphatic heterocycles. The number of hydrogen-bond donors (Lipinski definition) is 1. The first kappa shape index (κ1) is 21.6. The number of rotatable bonds is 3. The average Bonchev–Trinajstić information content (AvgIpc) is 3.44. The number of aromatic nitrogens is 1. The molecule has 7 atom stereocenters. The second kappa shape index (κ2) is 7.80. The van der Waals surface area contributed by atoms with Crippen LogP contribution < -0.4 is 0 Å². The highest BCUT2D eigenvalue weighted by molar-refractivity contribution is 5.72. The van der Waals surface area contributed by atoms with E-state index in [1.807, 2.05) is 6.20 Å². The summed E-state index contributed by atoms with van der Waals surface area (Å²) in [5.41, 5.74) is 5.18. The van der Waals surface area contributed by atoms with Crippen molar-refractivity contribution in [3.63, 3.8) is 0 Å². The molecule has 1 N–H and O–H groups in total. The molecule has 4 nitrogen and oxygen atoms in total. The summed E-state index contributed by atoms with van der Waals surface area (Å²) in [6.07, 6.45) is 18.6. The van der Waals surface area contributed by atoms with Crippen LogP contribution in [-0.4, -0.2) is 40.1 Å². The predicted octanol–water partition coefficient (Wildman–Crippen LogP) is 5.81. The van der Waals surface area contributed by atoms with Crippen LogP contribution in [0.1, 0.15) is 70.8 Å². The molecule has 5 aliphatic rings. The monoisotopic (exact) mass is 446 g/mol. The van der Waals surface area contributed by atoms with Crippen molar-refractivity contribution < 1.29 is 9.90 Å². The number of allylic oxidation sites excluding steroid dienone is 3. The smallest absolute Gasteiger partial charge is 0.307 e. The number of carbonyl (C=O) groups is 1. The summed E-state index contributed by atoms with van der Waals surface area (Å²) in [5.74, 6) is 1.54. The standard InChI is InChI=1S/C29H38N2O2/c1-28-12-9-22(31-15-11-20(18-31)27(32)33)16-21(28)5-6-23-25-8-7-24(19-4-3-14-30-17-19)29(25,2)13-10-26(23)28/h3-5,7,14,17,20,22-23,25-26H,6,8-13,15-16,18H2,1-2H3,(H,32,33)/t20-,22-,23-,25-,26-,28-,29+/m0/s1. The van der Waals surface area contributed by atoms with Gasteiger partial charge in [-0.15, -0.1) is 0 Å². The fourth-order valence-electron chi connectivity index (χ4n) is 8.81. The molecule has 33 heavy (non-hydrogen) atoms. The SMILES string of the molecule is C[C@]12CC[C@H](N3CC[C@H](C(=O)O)C3)CC1=CC[C@@H]1[C@@H]2CC[C@]2(C)C(c3cccnc3)=CC[C@@H]12. The molecule has 176 valence electrons. The van der Waals surface area contributed by atoms with E-state index in [4.69, 9.17) is 0 Å². The minimum Gasteiger partial charge on any atom is -0.481 e. The van der Waals surface area contributed by atoms with Gasteiger partial charge >= 0.3 is 5.97 Å². The van der Waals surface area contributed by atoms with Crippen LogP contribution in [0.15, 0.2) is 42.3 Å². The third-order valence-corrected chi connectivity index (χ3v) is 10.7. The van der Waals surface area contributed by atoms with Crippen molar-refractivity contribution in [2.24, 2.45) is 34.5 Å². The van der Waals surface area contributed by atoms with Crippen LogP contribution in [0.4, 0.5) is 0 Å². The largest absolute Gasteiger partial charge is 0.481 e. The van der Waals surface area contributed by atoms with Gasteiger partial charge in [-0.2, -0.15) is 0 Å². The summed E-state index contributed by atoms with van der Waals surface area (Å²) in [5, 5.41) is 9.43. The van der Waals surface area contributed by atoms with Crippen LogP contribution in [0.3, 0.4) is 0 Å². The number of carboxylic acids is 1. The van der Waals surface area contributed by atoms with Crippen molar-refractivity contribution in [1.29, 1.82) is 0 Å². The van der Waals surface area contributed by atoms with E-state index in [0.717, 1.165) is 43.7 Å². The van der Waals surface area contributed by atoms with E-state index in [1.54, 1.807) is 11.1 Å². The topological polar surface area (TPSA) is 53.4 Å². The number of pyridine rings is 1. The number of nitrogens with zero attached hydrogens (tertiary/aromatic N) is 2. The Bertz CT molecular complexity index is 1000. The predicted molar refractivity (Wildman–Crippen MR) is 130 cm³/mol. The molecule has 1 saturated heterocycles. The molecule has 3 fully saturated rings. The number of carboxylic acid groups (broad SMARTS) is 1. The second-order valence-corrected chi connectivity index (χ2v) is 12.0. The average molecular weight is 447 g/mol. The normalized spacial score (nSPS) is 42.7. The highest BCUT2D eigenvalue weighted by atomic mass is 16.4. The summed E-state index contributed by atoms with van der Waals surface area (Å²) >= 11 is 0. The van der Waals surface area contributed by atoms with Crippen LogP contribution in [0.25, 0.3) is 5.57 Å². The third-order valence-electron chi connectivity index (χ3n) is 10.7. The number of hydrogen-bond acceptors (Lipinski definition) is 3. The lowest BCUT2D eigenvalue weighted by molar-refractivity contribution is -0.141. The van der Waals surface area contributed by atoms with Crippen LogP contribution in [-0.2, 0) is 4.79 Å². The quantitative estimate of drug-likeness (QED) is 0.595. The lowest BCUT2D eigenvalue weighted by atomic mass is 9.47. The maximum absolute atomic E-state index is 11.5. The van der Waals surface area contributed by atoms with Gasteiger partial charge in [0.2, 0.25) is 0 Å². The Morgan fingerprint density at radius 3 is 2.70 bits per heavy atom. The van der Waals surface area contributed by atoms with E-state index in [0.29, 0.717) is 11.5 Å². The van der Waals surface area contributed by atoms with Gasteiger partial charge in [-0.05, 0) is 104 Å². The van der Waals surface area contributed by atoms with E-state index in [1.165, 1.54) is 44.1 Å². The van der Waals surface area contributed by atoms with E-state index in [9.17, 15) is 9.90 Å². The van der Waals surface area contributed by atoms with E-state index in [2.05, 4.69) is 54.2 Å². The number of fused-ring (bicyclic) bond motifs is 5. The van der Waals surface area contributed by atoms with Gasteiger partial charge in [0.25, 0.3) is 0 Å². The Kier molecular flexibility index (Phi) is 5.10. The van der Waals surface area contributed by atoms with Crippen molar-refractivity contribution in [3.8, 4) is 0 Å². The minimum atomic E-state index is -0.612. The first-order valence-corrected chi connectivity index (χ1v) is 13.2. The molecule has 2 saturated carbocycles. The Labute approximate surface area is 198 Å². The molecule has 2 heterocycles. The van der Waals surface area contributed by atoms with Crippen molar-refractivity contribution in [2.75, 3.05) is 13.1 Å². The van der Waals surface area contributed by atoms with Gasteiger partial charge in [-0.25, -0.2) is 0 Å². The summed E-state index contributed by atoms with van der Waals surface area (Å²) in [6.45, 7) is 6.81. The molecular formula is C29H38N2O2. The Morgan fingerprint density at radius 1 is 1.09 bits per heavy atom. The van der Waals surface area contributed by atoms with Gasteiger partial charge in [0.05, 0.1) is 5.92 Å². The van der Waals surface area contributed by atoms with Crippen LogP contribution in [0, 0.1) is 34.5 Å². The van der Waals surface area contributed by atoms with Gasteiger partial charge in [-0.3, -0.25) is 14.7 Å². The van der Waals surface area contributed by atoms with Crippen molar-refractivity contribution >= 4 is 11.5 Å². The Morgan fingerprint density at radius 2 is 1.94 bits per heavy atom. The van der Waals surface area contributed by atoms with Gasteiger partial charge < -0.3 is 5.11 Å². The van der Waals surface area contributed by atoms with Gasteiger partial charge in [0.15, 0.2) is 0 Å². The van der Waals surface area contributed by atoms with Gasteiger partial charge in [0, 0.05) is 25.0 Å². The zero-order chi connectivity index (χ0) is 22.8. The van der Waals surface area contributed by atoms with Crippen molar-refractivity contribution in [1.82, 2.24) is 9.88 Å². The zero-order valence-corrected chi connectivity index (χ0v) is 20.2. The summed E-state index contributed by atoms with van der Waals surface area (Å²) in [7, 11) is 0. The fourth-order valence-corrected chi connectivity index (χ4v) is 8.81. The first-order chi connectivity index (χ1) is 15.9. The van der Waals surface area contributed by atoms with Crippen LogP contribution >= 0.6 is 0 Å². The van der Waals surface area contributed by atoms with E-state index in [-0.39, 0.29) is 11.3 Å². The van der Waals surface area contributed by atoms with Crippen molar-refractivity contribution in [3.05, 3.63) is 47.8 Å². The lowest BCUT2D eigenvalue weighted by Crippen LogP contribution is -2.51. The summed E-state index contributed by atoms with van der Waals surface area (Å²) in [6, 6.07) is 4.87. The van der Waals surface area contributed by atoms with Gasteiger partial charge in [-0.1, -0.05) is 37.6 Å². The molecule has 1 aromatic rings. The van der Waals surface area contributed by atoms with Crippen LogP contribution in [0.2, 0.25) is 0 Å². The summed E-state index contributed by atoms with van der Waals surface area (Å²) in [4.78, 5) is 18.4. The molecule has 0 spiro atoms. The molecule has 1 aromatic heterocycles. The second-order valence-electron chi connectivity index (χ2n) is 12.0. The highest BCUT2D eigenvalue weighted by Crippen LogP contribution is 2.66. The highest BCUT2D eigenvalue weighted by Gasteiger charge is 2.57. The van der Waals surface area contributed by atoms with E-state index >= 15 is 0 Å². The van der Waals surface area contributed by atoms with Gasteiger partial charge in [0.1, 0.15) is 0 Å². The first-order valence-electron chi connectivity index (χ1n) is 13.2. The zero-order valence-electron chi connectivity index (χ0n) is 20.2. The maximum atomic E-state index is 11.5. The third kappa shape index (κ3) is 3.27. The summed E-state index contributed by atoms with van der Waals surface area (Å²) < 4.78 is 0. The molecule has 0 unspecified atom stereocenters. The van der Waals surface area contributed by atoms with Crippen molar-refractivity contribution in [2.45, 2.75) is 71.3 Å².